The van der Waals surface area contributed by atoms with Gasteiger partial charge in [0.05, 0.1) is 13.1 Å². The van der Waals surface area contributed by atoms with Crippen molar-refractivity contribution >= 4 is 0 Å². The third kappa shape index (κ3) is 0.667. The first-order valence-corrected chi connectivity index (χ1v) is 3.38. The van der Waals surface area contributed by atoms with Crippen LogP contribution in [-0.4, -0.2) is 17.7 Å². The molecule has 0 bridgehead atoms. The van der Waals surface area contributed by atoms with Crippen molar-refractivity contribution in [3.8, 4) is 0 Å². The first-order valence-electron chi connectivity index (χ1n) is 3.38. The van der Waals surface area contributed by atoms with Crippen molar-refractivity contribution in [3.63, 3.8) is 0 Å². The topological polar surface area (TPSA) is 29.6 Å². The van der Waals surface area contributed by atoms with E-state index >= 15 is 0 Å². The molecule has 10 heavy (non-hydrogen) atoms. The summed E-state index contributed by atoms with van der Waals surface area (Å²) in [5, 5.41) is 1.04. The molecule has 0 saturated carbocycles. The third-order valence-electron chi connectivity index (χ3n) is 1.66. The molecular formula is C7H9N3. The lowest BCUT2D eigenvalue weighted by atomic mass is 10.5. The van der Waals surface area contributed by atoms with Crippen LogP contribution in [0.4, 0.5) is 0 Å². The lowest BCUT2D eigenvalue weighted by molar-refractivity contribution is 0.774. The summed E-state index contributed by atoms with van der Waals surface area (Å²) in [6.07, 6.45) is 1.99. The van der Waals surface area contributed by atoms with Gasteiger partial charge in [-0.05, 0) is 6.07 Å². The van der Waals surface area contributed by atoms with Crippen LogP contribution in [0.3, 0.4) is 0 Å². The summed E-state index contributed by atoms with van der Waals surface area (Å²) >= 11 is 0. The minimum Gasteiger partial charge on any atom is -0.335 e. The predicted octanol–water partition coefficient (Wildman–Crippen LogP) is -0.722. The van der Waals surface area contributed by atoms with E-state index in [4.69, 9.17) is 0 Å². The van der Waals surface area contributed by atoms with Crippen molar-refractivity contribution < 1.29 is 0 Å². The summed E-state index contributed by atoms with van der Waals surface area (Å²) in [5.41, 5.74) is 1.02. The Hall–Kier alpha value is -1.12. The Morgan fingerprint density at radius 2 is 2.20 bits per heavy atom. The molecule has 0 saturated heterocycles. The molecule has 3 nitrogen and oxygen atoms in total. The third-order valence-corrected chi connectivity index (χ3v) is 1.66. The highest BCUT2D eigenvalue weighted by Gasteiger charge is 1.96. The molecule has 1 aliphatic heterocycles. The molecule has 1 aromatic heterocycles. The maximum Gasteiger partial charge on any atom is 0.153 e. The van der Waals surface area contributed by atoms with E-state index in [0.717, 1.165) is 23.9 Å². The van der Waals surface area contributed by atoms with Gasteiger partial charge in [0.1, 0.15) is 5.36 Å². The summed E-state index contributed by atoms with van der Waals surface area (Å²) in [5.74, 6) is 0. The van der Waals surface area contributed by atoms with Gasteiger partial charge in [-0.3, -0.25) is 9.98 Å². The van der Waals surface area contributed by atoms with Gasteiger partial charge in [0, 0.05) is 13.2 Å². The molecule has 0 radical (unpaired) electrons. The molecule has 0 aromatic carbocycles. The maximum absolute atomic E-state index is 4.32. The quantitative estimate of drug-likeness (QED) is 0.449. The van der Waals surface area contributed by atoms with Crippen molar-refractivity contribution in [3.05, 3.63) is 23.1 Å². The molecule has 2 rings (SSSR count). The molecule has 0 fully saturated rings. The van der Waals surface area contributed by atoms with Crippen molar-refractivity contribution in [1.29, 1.82) is 0 Å². The van der Waals surface area contributed by atoms with E-state index in [0.29, 0.717) is 0 Å². The van der Waals surface area contributed by atoms with Gasteiger partial charge in [0.2, 0.25) is 0 Å². The fraction of sp³-hybridized carbons (Fsp3) is 0.429. The maximum atomic E-state index is 4.32. The zero-order chi connectivity index (χ0) is 6.97. The van der Waals surface area contributed by atoms with Crippen molar-refractivity contribution in [1.82, 2.24) is 4.57 Å². The van der Waals surface area contributed by atoms with Crippen LogP contribution in [0.1, 0.15) is 0 Å². The molecule has 52 valence electrons. The molecular weight excluding hydrogens is 126 g/mol. The van der Waals surface area contributed by atoms with Crippen LogP contribution >= 0.6 is 0 Å². The monoisotopic (exact) mass is 135 g/mol. The second kappa shape index (κ2) is 1.94. The molecule has 1 aliphatic rings. The second-order valence-corrected chi connectivity index (χ2v) is 2.40. The Balaban J connectivity index is 2.89. The van der Waals surface area contributed by atoms with E-state index in [2.05, 4.69) is 9.98 Å². The van der Waals surface area contributed by atoms with Crippen LogP contribution in [0.15, 0.2) is 22.2 Å². The van der Waals surface area contributed by atoms with Gasteiger partial charge in [0.15, 0.2) is 5.49 Å². The fourth-order valence-corrected chi connectivity index (χ4v) is 1.15. The zero-order valence-corrected chi connectivity index (χ0v) is 5.91. The molecule has 0 atom stereocenters. The van der Waals surface area contributed by atoms with Crippen LogP contribution < -0.4 is 10.8 Å². The fourth-order valence-electron chi connectivity index (χ4n) is 1.15. The van der Waals surface area contributed by atoms with Crippen molar-refractivity contribution in [2.75, 3.05) is 13.1 Å². The SMILES string of the molecule is Cn1ccc2c1=NCCN=2. The predicted molar refractivity (Wildman–Crippen MR) is 37.5 cm³/mol. The summed E-state index contributed by atoms with van der Waals surface area (Å²) in [6.45, 7) is 1.68. The number of nitrogens with zero attached hydrogens (tertiary/aromatic N) is 3. The van der Waals surface area contributed by atoms with E-state index < -0.39 is 0 Å². The number of rotatable bonds is 0. The van der Waals surface area contributed by atoms with Crippen LogP contribution in [0.2, 0.25) is 0 Å². The number of aromatic nitrogens is 1. The molecule has 1 aromatic rings. The highest BCUT2D eigenvalue weighted by molar-refractivity contribution is 4.92. The Bertz CT molecular complexity index is 347. The first kappa shape index (κ1) is 5.65. The Kier molecular flexibility index (Phi) is 1.09. The average molecular weight is 135 g/mol. The lowest BCUT2D eigenvalue weighted by Crippen LogP contribution is -2.31. The number of hydrogen-bond acceptors (Lipinski definition) is 2. The van der Waals surface area contributed by atoms with Gasteiger partial charge >= 0.3 is 0 Å². The Morgan fingerprint density at radius 1 is 1.40 bits per heavy atom. The van der Waals surface area contributed by atoms with Gasteiger partial charge in [-0.25, -0.2) is 0 Å². The highest BCUT2D eigenvalue weighted by Crippen LogP contribution is 1.78. The molecule has 0 spiro atoms. The zero-order valence-electron chi connectivity index (χ0n) is 5.91. The standard InChI is InChI=1S/C7H9N3/c1-10-5-2-6-7(10)9-4-3-8-6/h2,5H,3-4H2,1H3. The van der Waals surface area contributed by atoms with Gasteiger partial charge in [-0.1, -0.05) is 0 Å². The number of aryl methyl sites for hydroxylation is 1. The largest absolute Gasteiger partial charge is 0.335 e. The van der Waals surface area contributed by atoms with E-state index in [-0.39, 0.29) is 0 Å². The highest BCUT2D eigenvalue weighted by atomic mass is 15.0. The summed E-state index contributed by atoms with van der Waals surface area (Å²) < 4.78 is 2.00. The van der Waals surface area contributed by atoms with Crippen LogP contribution in [0.25, 0.3) is 0 Å². The minimum absolute atomic E-state index is 0.838. The molecule has 2 heterocycles. The summed E-state index contributed by atoms with van der Waals surface area (Å²) in [4.78, 5) is 8.62. The number of fused-ring (bicyclic) bond motifs is 1. The van der Waals surface area contributed by atoms with E-state index in [1.807, 2.05) is 23.9 Å². The van der Waals surface area contributed by atoms with Gasteiger partial charge in [-0.15, -0.1) is 0 Å². The normalized spacial score (nSPS) is 15.3. The van der Waals surface area contributed by atoms with E-state index in [9.17, 15) is 0 Å². The molecule has 3 heteroatoms. The lowest BCUT2D eigenvalue weighted by Gasteiger charge is -1.95. The molecule has 0 aliphatic carbocycles. The summed E-state index contributed by atoms with van der Waals surface area (Å²) in [7, 11) is 1.99. The van der Waals surface area contributed by atoms with Gasteiger partial charge in [-0.2, -0.15) is 0 Å². The Labute approximate surface area is 58.7 Å². The van der Waals surface area contributed by atoms with Crippen molar-refractivity contribution in [2.45, 2.75) is 0 Å². The van der Waals surface area contributed by atoms with Crippen LogP contribution in [0.5, 0.6) is 0 Å². The number of hydrogen-bond donors (Lipinski definition) is 0. The second-order valence-electron chi connectivity index (χ2n) is 2.40. The first-order chi connectivity index (χ1) is 4.88. The Morgan fingerprint density at radius 3 is 3.00 bits per heavy atom. The summed E-state index contributed by atoms with van der Waals surface area (Å²) in [6, 6.07) is 2.00. The molecule has 0 unspecified atom stereocenters. The molecule has 0 N–H and O–H groups in total. The van der Waals surface area contributed by atoms with Crippen molar-refractivity contribution in [2.24, 2.45) is 17.0 Å². The molecule has 0 amide bonds. The smallest absolute Gasteiger partial charge is 0.153 e. The average Bonchev–Trinajstić information content (AvgIpc) is 2.34. The van der Waals surface area contributed by atoms with E-state index in [1.165, 1.54) is 0 Å². The van der Waals surface area contributed by atoms with Crippen LogP contribution in [0, 0.1) is 0 Å². The minimum atomic E-state index is 0.838. The van der Waals surface area contributed by atoms with Gasteiger partial charge < -0.3 is 4.57 Å². The van der Waals surface area contributed by atoms with E-state index in [1.54, 1.807) is 0 Å². The van der Waals surface area contributed by atoms with Gasteiger partial charge in [0.25, 0.3) is 0 Å². The van der Waals surface area contributed by atoms with Crippen LogP contribution in [-0.2, 0) is 7.05 Å².